The lowest BCUT2D eigenvalue weighted by molar-refractivity contribution is -0.148. The molecule has 1 heterocycles. The molecule has 0 spiro atoms. The lowest BCUT2D eigenvalue weighted by atomic mass is 10.1. The van der Waals surface area contributed by atoms with Crippen LogP contribution >= 0.6 is 0 Å². The van der Waals surface area contributed by atoms with E-state index in [1.807, 2.05) is 0 Å². The molecule has 0 aromatic heterocycles. The second kappa shape index (κ2) is 6.92. The van der Waals surface area contributed by atoms with Crippen molar-refractivity contribution >= 4 is 11.8 Å². The summed E-state index contributed by atoms with van der Waals surface area (Å²) in [6, 6.07) is -0.398. The Balaban J connectivity index is 2.30. The molecule has 0 aromatic rings. The Kier molecular flexibility index (Phi) is 5.79. The number of amides is 2. The number of hydrogen-bond donors (Lipinski definition) is 1. The average Bonchev–Trinajstić information content (AvgIpc) is 2.34. The monoisotopic (exact) mass is 295 g/mol. The van der Waals surface area contributed by atoms with Crippen molar-refractivity contribution in [2.75, 3.05) is 39.3 Å². The molecule has 2 amide bonds. The molecule has 116 valence electrons. The van der Waals surface area contributed by atoms with E-state index in [1.54, 1.807) is 13.8 Å². The first-order chi connectivity index (χ1) is 9.19. The van der Waals surface area contributed by atoms with Gasteiger partial charge in [0.1, 0.15) is 0 Å². The molecule has 1 aliphatic heterocycles. The minimum Gasteiger partial charge on any atom is -0.331 e. The fourth-order valence-electron chi connectivity index (χ4n) is 1.84. The fraction of sp³-hybridized carbons (Fsp3) is 0.833. The van der Waals surface area contributed by atoms with Gasteiger partial charge in [0.15, 0.2) is 5.78 Å². The van der Waals surface area contributed by atoms with Gasteiger partial charge in [-0.1, -0.05) is 13.8 Å². The second-order valence-electron chi connectivity index (χ2n) is 5.16. The lowest BCUT2D eigenvalue weighted by Crippen LogP contribution is -2.53. The third-order valence-electron chi connectivity index (χ3n) is 3.12. The van der Waals surface area contributed by atoms with E-state index in [0.717, 1.165) is 0 Å². The van der Waals surface area contributed by atoms with E-state index >= 15 is 0 Å². The highest BCUT2D eigenvalue weighted by Crippen LogP contribution is 2.17. The highest BCUT2D eigenvalue weighted by molar-refractivity contribution is 5.86. The van der Waals surface area contributed by atoms with Crippen LogP contribution in [0.4, 0.5) is 18.0 Å². The molecule has 1 aliphatic rings. The Hall–Kier alpha value is -1.31. The third kappa shape index (κ3) is 5.77. The number of alkyl halides is 3. The first-order valence-electron chi connectivity index (χ1n) is 6.53. The van der Waals surface area contributed by atoms with Gasteiger partial charge in [-0.2, -0.15) is 13.2 Å². The van der Waals surface area contributed by atoms with Crippen molar-refractivity contribution < 1.29 is 22.8 Å². The van der Waals surface area contributed by atoms with Crippen molar-refractivity contribution in [2.24, 2.45) is 5.92 Å². The number of urea groups is 1. The standard InChI is InChI=1S/C12H20F3N3O2/c1-9(2)10(19)7-16-11(20)18-5-3-17(4-6-18)8-12(13,14)15/h9H,3-8H2,1-2H3,(H,16,20). The second-order valence-corrected chi connectivity index (χ2v) is 5.16. The van der Waals surface area contributed by atoms with E-state index in [9.17, 15) is 22.8 Å². The Morgan fingerprint density at radius 1 is 1.15 bits per heavy atom. The van der Waals surface area contributed by atoms with Crippen LogP contribution in [0.15, 0.2) is 0 Å². The van der Waals surface area contributed by atoms with Gasteiger partial charge >= 0.3 is 12.2 Å². The smallest absolute Gasteiger partial charge is 0.331 e. The number of nitrogens with one attached hydrogen (secondary N) is 1. The number of hydrogen-bond acceptors (Lipinski definition) is 3. The quantitative estimate of drug-likeness (QED) is 0.845. The SMILES string of the molecule is CC(C)C(=O)CNC(=O)N1CCN(CC(F)(F)F)CC1. The first-order valence-corrected chi connectivity index (χ1v) is 6.53. The third-order valence-corrected chi connectivity index (χ3v) is 3.12. The van der Waals surface area contributed by atoms with Gasteiger partial charge in [0.2, 0.25) is 0 Å². The summed E-state index contributed by atoms with van der Waals surface area (Å²) in [7, 11) is 0. The van der Waals surface area contributed by atoms with Crippen LogP contribution in [-0.4, -0.2) is 67.1 Å². The molecule has 1 N–H and O–H groups in total. The Labute approximate surface area is 116 Å². The van der Waals surface area contributed by atoms with E-state index in [1.165, 1.54) is 9.80 Å². The van der Waals surface area contributed by atoms with E-state index in [0.29, 0.717) is 0 Å². The van der Waals surface area contributed by atoms with Gasteiger partial charge in [-0.05, 0) is 0 Å². The fourth-order valence-corrected chi connectivity index (χ4v) is 1.84. The zero-order chi connectivity index (χ0) is 15.3. The maximum Gasteiger partial charge on any atom is 0.401 e. The van der Waals surface area contributed by atoms with Gasteiger partial charge in [-0.15, -0.1) is 0 Å². The average molecular weight is 295 g/mol. The zero-order valence-corrected chi connectivity index (χ0v) is 11.7. The van der Waals surface area contributed by atoms with Gasteiger partial charge in [-0.3, -0.25) is 9.69 Å². The minimum absolute atomic E-state index is 0.0424. The first kappa shape index (κ1) is 16.7. The Morgan fingerprint density at radius 3 is 2.15 bits per heavy atom. The van der Waals surface area contributed by atoms with Crippen LogP contribution in [0.3, 0.4) is 0 Å². The summed E-state index contributed by atoms with van der Waals surface area (Å²) >= 11 is 0. The molecule has 0 aliphatic carbocycles. The van der Waals surface area contributed by atoms with Crippen molar-refractivity contribution in [3.05, 3.63) is 0 Å². The number of carbonyl (C=O) groups excluding carboxylic acids is 2. The molecule has 1 fully saturated rings. The van der Waals surface area contributed by atoms with Crippen LogP contribution in [0.2, 0.25) is 0 Å². The van der Waals surface area contributed by atoms with Crippen LogP contribution in [0.5, 0.6) is 0 Å². The molecule has 0 atom stereocenters. The molecular weight excluding hydrogens is 275 g/mol. The van der Waals surface area contributed by atoms with Crippen molar-refractivity contribution in [2.45, 2.75) is 20.0 Å². The van der Waals surface area contributed by atoms with Crippen molar-refractivity contribution in [3.63, 3.8) is 0 Å². The number of halogens is 3. The lowest BCUT2D eigenvalue weighted by Gasteiger charge is -2.34. The molecule has 1 rings (SSSR count). The summed E-state index contributed by atoms with van der Waals surface area (Å²) < 4.78 is 36.6. The number of rotatable bonds is 4. The van der Waals surface area contributed by atoms with Crippen molar-refractivity contribution in [1.82, 2.24) is 15.1 Å². The van der Waals surface area contributed by atoms with E-state index < -0.39 is 18.8 Å². The predicted octanol–water partition coefficient (Wildman–Crippen LogP) is 1.10. The molecule has 0 unspecified atom stereocenters. The molecular formula is C12H20F3N3O2. The van der Waals surface area contributed by atoms with Gasteiger partial charge in [0.05, 0.1) is 13.1 Å². The number of carbonyl (C=O) groups is 2. The summed E-state index contributed by atoms with van der Waals surface area (Å²) in [5.41, 5.74) is 0. The highest BCUT2D eigenvalue weighted by atomic mass is 19.4. The summed E-state index contributed by atoms with van der Waals surface area (Å²) in [5, 5.41) is 2.49. The summed E-state index contributed by atoms with van der Waals surface area (Å²) in [6.45, 7) is 3.33. The van der Waals surface area contributed by atoms with Crippen LogP contribution in [0.1, 0.15) is 13.8 Å². The van der Waals surface area contributed by atoms with Crippen molar-refractivity contribution in [1.29, 1.82) is 0 Å². The van der Waals surface area contributed by atoms with Crippen LogP contribution in [0.25, 0.3) is 0 Å². The Bertz CT molecular complexity index is 350. The Morgan fingerprint density at radius 2 is 1.70 bits per heavy atom. The summed E-state index contributed by atoms with van der Waals surface area (Å²) in [4.78, 5) is 25.8. The topological polar surface area (TPSA) is 52.7 Å². The maximum absolute atomic E-state index is 12.2. The predicted molar refractivity (Wildman–Crippen MR) is 67.3 cm³/mol. The van der Waals surface area contributed by atoms with E-state index in [2.05, 4.69) is 5.32 Å². The van der Waals surface area contributed by atoms with Gasteiger partial charge in [0.25, 0.3) is 0 Å². The van der Waals surface area contributed by atoms with Gasteiger partial charge < -0.3 is 10.2 Å². The van der Waals surface area contributed by atoms with Gasteiger partial charge in [0, 0.05) is 32.1 Å². The van der Waals surface area contributed by atoms with E-state index in [4.69, 9.17) is 0 Å². The molecule has 20 heavy (non-hydrogen) atoms. The van der Waals surface area contributed by atoms with Crippen LogP contribution in [0, 0.1) is 5.92 Å². The number of ketones is 1. The van der Waals surface area contributed by atoms with Crippen molar-refractivity contribution in [3.8, 4) is 0 Å². The number of nitrogens with zero attached hydrogens (tertiary/aromatic N) is 2. The summed E-state index contributed by atoms with van der Waals surface area (Å²) in [6.07, 6.45) is -4.21. The van der Waals surface area contributed by atoms with Gasteiger partial charge in [-0.25, -0.2) is 4.79 Å². The minimum atomic E-state index is -4.21. The number of Topliss-reactive ketones (excluding diaryl/α,β-unsaturated/α-hetero) is 1. The molecule has 8 heteroatoms. The largest absolute Gasteiger partial charge is 0.401 e. The normalized spacial score (nSPS) is 17.4. The molecule has 0 bridgehead atoms. The van der Waals surface area contributed by atoms with Crippen LogP contribution < -0.4 is 5.32 Å². The zero-order valence-electron chi connectivity index (χ0n) is 11.7. The molecule has 5 nitrogen and oxygen atoms in total. The summed E-state index contributed by atoms with van der Waals surface area (Å²) in [5.74, 6) is -0.229. The number of piperazine rings is 1. The maximum atomic E-state index is 12.2. The molecule has 0 radical (unpaired) electrons. The molecule has 0 saturated carbocycles. The van der Waals surface area contributed by atoms with Crippen LogP contribution in [-0.2, 0) is 4.79 Å². The molecule has 0 aromatic carbocycles. The molecule has 1 saturated heterocycles. The highest BCUT2D eigenvalue weighted by Gasteiger charge is 2.32. The van der Waals surface area contributed by atoms with E-state index in [-0.39, 0.29) is 44.4 Å².